The Morgan fingerprint density at radius 2 is 2.43 bits per heavy atom. The first kappa shape index (κ1) is 10.6. The molecule has 3 N–H and O–H groups in total. The molecule has 1 rings (SSSR count). The fourth-order valence-corrected chi connectivity index (χ4v) is 1.15. The Morgan fingerprint density at radius 3 is 2.93 bits per heavy atom. The van der Waals surface area contributed by atoms with E-state index in [4.69, 9.17) is 5.73 Å². The van der Waals surface area contributed by atoms with Crippen LogP contribution in [0.4, 0.5) is 5.82 Å². The maximum absolute atomic E-state index is 11.1. The SMILES string of the molecule is CCNC(=O)CCn1cc(C)c(N)n1. The number of nitrogens with two attached hydrogens (primary N) is 1. The van der Waals surface area contributed by atoms with E-state index in [1.807, 2.05) is 20.0 Å². The highest BCUT2D eigenvalue weighted by Gasteiger charge is 2.03. The Morgan fingerprint density at radius 1 is 1.71 bits per heavy atom. The van der Waals surface area contributed by atoms with Gasteiger partial charge in [-0.2, -0.15) is 5.10 Å². The highest BCUT2D eigenvalue weighted by Crippen LogP contribution is 2.06. The van der Waals surface area contributed by atoms with Crippen molar-refractivity contribution in [3.63, 3.8) is 0 Å². The third kappa shape index (κ3) is 2.76. The van der Waals surface area contributed by atoms with E-state index >= 15 is 0 Å². The lowest BCUT2D eigenvalue weighted by molar-refractivity contribution is -0.121. The Balaban J connectivity index is 2.42. The molecule has 0 aromatic carbocycles. The van der Waals surface area contributed by atoms with Gasteiger partial charge >= 0.3 is 0 Å². The van der Waals surface area contributed by atoms with E-state index < -0.39 is 0 Å². The summed E-state index contributed by atoms with van der Waals surface area (Å²) in [4.78, 5) is 11.1. The summed E-state index contributed by atoms with van der Waals surface area (Å²) < 4.78 is 1.69. The number of hydrogen-bond acceptors (Lipinski definition) is 3. The number of nitrogens with zero attached hydrogens (tertiary/aromatic N) is 2. The maximum atomic E-state index is 11.1. The van der Waals surface area contributed by atoms with Gasteiger partial charge in [0.1, 0.15) is 5.82 Å². The number of hydrogen-bond donors (Lipinski definition) is 2. The molecule has 14 heavy (non-hydrogen) atoms. The van der Waals surface area contributed by atoms with E-state index in [1.165, 1.54) is 0 Å². The summed E-state index contributed by atoms with van der Waals surface area (Å²) in [5.41, 5.74) is 6.52. The molecule has 0 saturated carbocycles. The number of anilines is 1. The number of nitrogen functional groups attached to an aromatic ring is 1. The van der Waals surface area contributed by atoms with Crippen LogP contribution in [0.5, 0.6) is 0 Å². The van der Waals surface area contributed by atoms with Gasteiger partial charge in [-0.3, -0.25) is 9.48 Å². The van der Waals surface area contributed by atoms with Crippen LogP contribution < -0.4 is 11.1 Å². The number of carbonyl (C=O) groups excluding carboxylic acids is 1. The molecule has 0 saturated heterocycles. The molecule has 0 aliphatic rings. The second kappa shape index (κ2) is 4.64. The predicted octanol–water partition coefficient (Wildman–Crippen LogP) is 0.300. The maximum Gasteiger partial charge on any atom is 0.221 e. The fourth-order valence-electron chi connectivity index (χ4n) is 1.15. The van der Waals surface area contributed by atoms with Crippen LogP contribution in [0.25, 0.3) is 0 Å². The average Bonchev–Trinajstić information content (AvgIpc) is 2.44. The molecule has 78 valence electrons. The monoisotopic (exact) mass is 196 g/mol. The lowest BCUT2D eigenvalue weighted by Crippen LogP contribution is -2.23. The molecular weight excluding hydrogens is 180 g/mol. The van der Waals surface area contributed by atoms with Crippen molar-refractivity contribution in [1.29, 1.82) is 0 Å². The number of amides is 1. The molecular formula is C9H16N4O. The van der Waals surface area contributed by atoms with Crippen molar-refractivity contribution in [2.75, 3.05) is 12.3 Å². The first-order valence-corrected chi connectivity index (χ1v) is 4.69. The molecule has 0 aliphatic carbocycles. The van der Waals surface area contributed by atoms with E-state index in [0.29, 0.717) is 25.3 Å². The molecule has 0 aliphatic heterocycles. The molecule has 0 radical (unpaired) electrons. The molecule has 1 amide bonds. The molecule has 0 unspecified atom stereocenters. The first-order valence-electron chi connectivity index (χ1n) is 4.69. The largest absolute Gasteiger partial charge is 0.382 e. The standard InChI is InChI=1S/C9H16N4O/c1-3-11-8(14)4-5-13-6-7(2)9(10)12-13/h6H,3-5H2,1-2H3,(H2,10,12)(H,11,14). The Labute approximate surface area is 83.3 Å². The minimum absolute atomic E-state index is 0.0409. The highest BCUT2D eigenvalue weighted by atomic mass is 16.1. The zero-order valence-electron chi connectivity index (χ0n) is 8.58. The highest BCUT2D eigenvalue weighted by molar-refractivity contribution is 5.75. The van der Waals surface area contributed by atoms with Crippen molar-refractivity contribution in [2.24, 2.45) is 0 Å². The molecule has 1 aromatic heterocycles. The van der Waals surface area contributed by atoms with Gasteiger partial charge in [0.25, 0.3) is 0 Å². The van der Waals surface area contributed by atoms with E-state index in [0.717, 1.165) is 5.56 Å². The summed E-state index contributed by atoms with van der Waals surface area (Å²) in [6.07, 6.45) is 2.28. The van der Waals surface area contributed by atoms with Crippen LogP contribution in [-0.2, 0) is 11.3 Å². The molecule has 5 nitrogen and oxygen atoms in total. The van der Waals surface area contributed by atoms with Crippen LogP contribution >= 0.6 is 0 Å². The predicted molar refractivity (Wildman–Crippen MR) is 54.7 cm³/mol. The van der Waals surface area contributed by atoms with Gasteiger partial charge in [-0.25, -0.2) is 0 Å². The first-order chi connectivity index (χ1) is 6.63. The number of aryl methyl sites for hydroxylation is 2. The second-order valence-electron chi connectivity index (χ2n) is 3.16. The van der Waals surface area contributed by atoms with Gasteiger partial charge in [-0.15, -0.1) is 0 Å². The number of rotatable bonds is 4. The second-order valence-corrected chi connectivity index (χ2v) is 3.16. The number of carbonyl (C=O) groups is 1. The summed E-state index contributed by atoms with van der Waals surface area (Å²) in [7, 11) is 0. The van der Waals surface area contributed by atoms with E-state index in [2.05, 4.69) is 10.4 Å². The molecule has 1 heterocycles. The molecule has 0 atom stereocenters. The van der Waals surface area contributed by atoms with Crippen LogP contribution in [0.1, 0.15) is 18.9 Å². The van der Waals surface area contributed by atoms with Gasteiger partial charge in [0, 0.05) is 31.3 Å². The smallest absolute Gasteiger partial charge is 0.221 e. The lowest BCUT2D eigenvalue weighted by atomic mass is 10.4. The van der Waals surface area contributed by atoms with Crippen molar-refractivity contribution in [2.45, 2.75) is 26.8 Å². The Hall–Kier alpha value is -1.52. The summed E-state index contributed by atoms with van der Waals surface area (Å²) in [6.45, 7) is 5.03. The van der Waals surface area contributed by atoms with Crippen LogP contribution in [0, 0.1) is 6.92 Å². The van der Waals surface area contributed by atoms with Gasteiger partial charge < -0.3 is 11.1 Å². The normalized spacial score (nSPS) is 10.1. The topological polar surface area (TPSA) is 72.9 Å². The van der Waals surface area contributed by atoms with E-state index in [-0.39, 0.29) is 5.91 Å². The van der Waals surface area contributed by atoms with Crippen LogP contribution in [0.2, 0.25) is 0 Å². The molecule has 0 fully saturated rings. The van der Waals surface area contributed by atoms with Crippen molar-refractivity contribution in [1.82, 2.24) is 15.1 Å². The van der Waals surface area contributed by atoms with Gasteiger partial charge in [0.05, 0.1) is 0 Å². The van der Waals surface area contributed by atoms with Crippen molar-refractivity contribution in [3.05, 3.63) is 11.8 Å². The molecule has 1 aromatic rings. The van der Waals surface area contributed by atoms with Crippen molar-refractivity contribution >= 4 is 11.7 Å². The molecule has 0 bridgehead atoms. The van der Waals surface area contributed by atoms with E-state index in [9.17, 15) is 4.79 Å². The average molecular weight is 196 g/mol. The van der Waals surface area contributed by atoms with Crippen molar-refractivity contribution < 1.29 is 4.79 Å². The van der Waals surface area contributed by atoms with Gasteiger partial charge in [-0.1, -0.05) is 0 Å². The van der Waals surface area contributed by atoms with Crippen LogP contribution in [0.3, 0.4) is 0 Å². The van der Waals surface area contributed by atoms with Gasteiger partial charge in [0.15, 0.2) is 0 Å². The molecule has 0 spiro atoms. The van der Waals surface area contributed by atoms with E-state index in [1.54, 1.807) is 4.68 Å². The van der Waals surface area contributed by atoms with Crippen LogP contribution in [0.15, 0.2) is 6.20 Å². The molecule has 5 heteroatoms. The minimum atomic E-state index is 0.0409. The Bertz CT molecular complexity index is 299. The quantitative estimate of drug-likeness (QED) is 0.727. The summed E-state index contributed by atoms with van der Waals surface area (Å²) >= 11 is 0. The summed E-state index contributed by atoms with van der Waals surface area (Å²) in [6, 6.07) is 0. The lowest BCUT2D eigenvalue weighted by Gasteiger charge is -2.01. The third-order valence-corrected chi connectivity index (χ3v) is 1.92. The minimum Gasteiger partial charge on any atom is -0.382 e. The summed E-state index contributed by atoms with van der Waals surface area (Å²) in [5.74, 6) is 0.570. The zero-order valence-corrected chi connectivity index (χ0v) is 8.58. The van der Waals surface area contributed by atoms with Crippen molar-refractivity contribution in [3.8, 4) is 0 Å². The number of nitrogens with one attached hydrogen (secondary N) is 1. The van der Waals surface area contributed by atoms with Gasteiger partial charge in [-0.05, 0) is 13.8 Å². The Kier molecular flexibility index (Phi) is 3.50. The fraction of sp³-hybridized carbons (Fsp3) is 0.556. The van der Waals surface area contributed by atoms with Gasteiger partial charge in [0.2, 0.25) is 5.91 Å². The third-order valence-electron chi connectivity index (χ3n) is 1.92. The van der Waals surface area contributed by atoms with Crippen LogP contribution in [-0.4, -0.2) is 22.2 Å². The summed E-state index contributed by atoms with van der Waals surface area (Å²) in [5, 5.41) is 6.78. The zero-order chi connectivity index (χ0) is 10.6. The number of aromatic nitrogens is 2.